The van der Waals surface area contributed by atoms with Crippen LogP contribution in [0.15, 0.2) is 11.6 Å². The monoisotopic (exact) mass is 345 g/mol. The Hall–Kier alpha value is -1.99. The van der Waals surface area contributed by atoms with Gasteiger partial charge in [0, 0.05) is 44.0 Å². The molecule has 0 aliphatic carbocycles. The normalized spacial score (nSPS) is 20.6. The molecule has 1 saturated heterocycles. The minimum atomic E-state index is -0.167. The van der Waals surface area contributed by atoms with Crippen molar-refractivity contribution in [2.24, 2.45) is 5.73 Å². The van der Waals surface area contributed by atoms with Crippen molar-refractivity contribution in [2.45, 2.75) is 32.7 Å². The highest BCUT2D eigenvalue weighted by Crippen LogP contribution is 2.23. The lowest BCUT2D eigenvalue weighted by molar-refractivity contribution is 0.0781. The number of ether oxygens (including phenoxy) is 1. The van der Waals surface area contributed by atoms with Gasteiger partial charge in [0.1, 0.15) is 5.82 Å². The molecule has 0 spiro atoms. The topological polar surface area (TPSA) is 84.6 Å². The molecule has 136 valence electrons. The van der Waals surface area contributed by atoms with E-state index in [0.717, 1.165) is 55.2 Å². The first-order valence-corrected chi connectivity index (χ1v) is 8.82. The smallest absolute Gasteiger partial charge is 0.291 e. The minimum Gasteiger partial charge on any atom is -0.377 e. The predicted molar refractivity (Wildman–Crippen MR) is 96.8 cm³/mol. The average Bonchev–Trinajstić information content (AvgIpc) is 3.03. The molecule has 2 N–H and O–H groups in total. The molecule has 1 aromatic heterocycles. The number of hydrogen-bond acceptors (Lipinski definition) is 6. The number of amides is 1. The Balaban J connectivity index is 1.80. The standard InChI is InChI=1S/C18H27N5O2/c1-12-13(2)20-16(21-17(12)23-7-6-15(19)10-23)18(24)22(3)9-14-5-4-8-25-11-14/h5,15H,4,6-11,19H2,1-3H3/t15-/m1/s1. The summed E-state index contributed by atoms with van der Waals surface area (Å²) in [5.74, 6) is 0.912. The Morgan fingerprint density at radius 1 is 1.44 bits per heavy atom. The van der Waals surface area contributed by atoms with Crippen LogP contribution in [-0.4, -0.2) is 66.7 Å². The third kappa shape index (κ3) is 3.99. The van der Waals surface area contributed by atoms with Gasteiger partial charge in [0.05, 0.1) is 13.2 Å². The minimum absolute atomic E-state index is 0.162. The molecule has 2 aliphatic heterocycles. The summed E-state index contributed by atoms with van der Waals surface area (Å²) in [5.41, 5.74) is 8.99. The SMILES string of the molecule is Cc1nc(C(=O)N(C)CC2=CCCOC2)nc(N2CC[C@@H](N)C2)c1C. The lowest BCUT2D eigenvalue weighted by Crippen LogP contribution is -2.33. The molecule has 0 saturated carbocycles. The molecule has 3 rings (SSSR count). The number of nitrogens with two attached hydrogens (primary N) is 1. The third-order valence-electron chi connectivity index (χ3n) is 4.85. The highest BCUT2D eigenvalue weighted by molar-refractivity contribution is 5.91. The van der Waals surface area contributed by atoms with Gasteiger partial charge in [-0.25, -0.2) is 9.97 Å². The van der Waals surface area contributed by atoms with Gasteiger partial charge in [-0.3, -0.25) is 4.79 Å². The van der Waals surface area contributed by atoms with Crippen LogP contribution in [0.25, 0.3) is 0 Å². The van der Waals surface area contributed by atoms with E-state index >= 15 is 0 Å². The second kappa shape index (κ2) is 7.49. The van der Waals surface area contributed by atoms with Gasteiger partial charge in [-0.15, -0.1) is 0 Å². The van der Waals surface area contributed by atoms with Crippen molar-refractivity contribution in [2.75, 3.05) is 44.8 Å². The number of carbonyl (C=O) groups excluding carboxylic acids is 1. The van der Waals surface area contributed by atoms with Crippen molar-refractivity contribution >= 4 is 11.7 Å². The van der Waals surface area contributed by atoms with E-state index in [9.17, 15) is 4.79 Å². The molecule has 25 heavy (non-hydrogen) atoms. The van der Waals surface area contributed by atoms with Gasteiger partial charge < -0.3 is 20.3 Å². The summed E-state index contributed by atoms with van der Waals surface area (Å²) < 4.78 is 5.44. The summed E-state index contributed by atoms with van der Waals surface area (Å²) >= 11 is 0. The molecule has 1 amide bonds. The first kappa shape index (κ1) is 17.8. The molecule has 0 aromatic carbocycles. The molecule has 7 nitrogen and oxygen atoms in total. The lowest BCUT2D eigenvalue weighted by atomic mass is 10.2. The summed E-state index contributed by atoms with van der Waals surface area (Å²) in [5, 5.41) is 0. The molecule has 3 heterocycles. The zero-order valence-corrected chi connectivity index (χ0v) is 15.3. The second-order valence-electron chi connectivity index (χ2n) is 6.94. The molecule has 0 radical (unpaired) electrons. The summed E-state index contributed by atoms with van der Waals surface area (Å²) in [4.78, 5) is 25.6. The zero-order chi connectivity index (χ0) is 18.0. The van der Waals surface area contributed by atoms with E-state index in [-0.39, 0.29) is 17.8 Å². The molecular formula is C18H27N5O2. The first-order chi connectivity index (χ1) is 12.0. The summed E-state index contributed by atoms with van der Waals surface area (Å²) in [7, 11) is 1.78. The Labute approximate surface area is 148 Å². The van der Waals surface area contributed by atoms with Crippen molar-refractivity contribution in [3.63, 3.8) is 0 Å². The van der Waals surface area contributed by atoms with Gasteiger partial charge >= 0.3 is 0 Å². The third-order valence-corrected chi connectivity index (χ3v) is 4.85. The van der Waals surface area contributed by atoms with E-state index in [1.807, 2.05) is 13.8 Å². The highest BCUT2D eigenvalue weighted by atomic mass is 16.5. The number of anilines is 1. The van der Waals surface area contributed by atoms with Crippen LogP contribution in [-0.2, 0) is 4.74 Å². The maximum Gasteiger partial charge on any atom is 0.291 e. The fourth-order valence-electron chi connectivity index (χ4n) is 3.26. The van der Waals surface area contributed by atoms with Gasteiger partial charge in [0.2, 0.25) is 5.82 Å². The van der Waals surface area contributed by atoms with Crippen LogP contribution in [0.3, 0.4) is 0 Å². The Bertz CT molecular complexity index is 688. The van der Waals surface area contributed by atoms with Gasteiger partial charge in [-0.1, -0.05) is 6.08 Å². The van der Waals surface area contributed by atoms with Crippen LogP contribution in [0.1, 0.15) is 34.7 Å². The van der Waals surface area contributed by atoms with Crippen molar-refractivity contribution < 1.29 is 9.53 Å². The molecule has 7 heteroatoms. The quantitative estimate of drug-likeness (QED) is 0.821. The molecule has 1 aromatic rings. The second-order valence-corrected chi connectivity index (χ2v) is 6.94. The molecular weight excluding hydrogens is 318 g/mol. The first-order valence-electron chi connectivity index (χ1n) is 8.82. The molecule has 1 atom stereocenters. The van der Waals surface area contributed by atoms with Crippen molar-refractivity contribution in [1.29, 1.82) is 0 Å². The number of aromatic nitrogens is 2. The van der Waals surface area contributed by atoms with E-state index < -0.39 is 0 Å². The number of aryl methyl sites for hydroxylation is 1. The van der Waals surface area contributed by atoms with Gasteiger partial charge in [-0.05, 0) is 32.3 Å². The van der Waals surface area contributed by atoms with Crippen molar-refractivity contribution in [3.8, 4) is 0 Å². The Morgan fingerprint density at radius 3 is 2.88 bits per heavy atom. The summed E-state index contributed by atoms with van der Waals surface area (Å²) in [6, 6.07) is 0.162. The maximum absolute atomic E-state index is 12.8. The van der Waals surface area contributed by atoms with Gasteiger partial charge in [0.15, 0.2) is 0 Å². The molecule has 0 unspecified atom stereocenters. The number of rotatable bonds is 4. The fourth-order valence-corrected chi connectivity index (χ4v) is 3.26. The zero-order valence-electron chi connectivity index (χ0n) is 15.3. The Kier molecular flexibility index (Phi) is 5.34. The number of hydrogen-bond donors (Lipinski definition) is 1. The average molecular weight is 345 g/mol. The van der Waals surface area contributed by atoms with Crippen LogP contribution in [0, 0.1) is 13.8 Å². The van der Waals surface area contributed by atoms with Crippen molar-refractivity contribution in [3.05, 3.63) is 28.7 Å². The van der Waals surface area contributed by atoms with Crippen molar-refractivity contribution in [1.82, 2.24) is 14.9 Å². The van der Waals surface area contributed by atoms with E-state index in [0.29, 0.717) is 13.2 Å². The van der Waals surface area contributed by atoms with Crippen LogP contribution >= 0.6 is 0 Å². The fraction of sp³-hybridized carbons (Fsp3) is 0.611. The lowest BCUT2D eigenvalue weighted by Gasteiger charge is -2.23. The van der Waals surface area contributed by atoms with Gasteiger partial charge in [0.25, 0.3) is 5.91 Å². The van der Waals surface area contributed by atoms with E-state index in [2.05, 4.69) is 20.9 Å². The summed E-state index contributed by atoms with van der Waals surface area (Å²) in [6.07, 6.45) is 3.99. The number of carbonyl (C=O) groups is 1. The number of nitrogens with zero attached hydrogens (tertiary/aromatic N) is 4. The van der Waals surface area contributed by atoms with E-state index in [1.165, 1.54) is 0 Å². The van der Waals surface area contributed by atoms with E-state index in [1.54, 1.807) is 11.9 Å². The molecule has 0 bridgehead atoms. The van der Waals surface area contributed by atoms with Crippen LogP contribution < -0.4 is 10.6 Å². The molecule has 1 fully saturated rings. The largest absolute Gasteiger partial charge is 0.377 e. The van der Waals surface area contributed by atoms with Gasteiger partial charge in [-0.2, -0.15) is 0 Å². The number of likely N-dealkylation sites (N-methyl/N-ethyl adjacent to an activating group) is 1. The summed E-state index contributed by atoms with van der Waals surface area (Å²) in [6.45, 7) is 7.43. The Morgan fingerprint density at radius 2 is 2.24 bits per heavy atom. The maximum atomic E-state index is 12.8. The molecule has 2 aliphatic rings. The van der Waals surface area contributed by atoms with Crippen LogP contribution in [0.5, 0.6) is 0 Å². The predicted octanol–water partition coefficient (Wildman–Crippen LogP) is 1.05. The highest BCUT2D eigenvalue weighted by Gasteiger charge is 2.25. The van der Waals surface area contributed by atoms with E-state index in [4.69, 9.17) is 10.5 Å². The van der Waals surface area contributed by atoms with Crippen LogP contribution in [0.4, 0.5) is 5.82 Å². The van der Waals surface area contributed by atoms with Crippen LogP contribution in [0.2, 0.25) is 0 Å².